The number of amides is 1. The third-order valence-electron chi connectivity index (χ3n) is 3.35. The van der Waals surface area contributed by atoms with Gasteiger partial charge in [0.1, 0.15) is 5.82 Å². The standard InChI is InChI=1S/C18H15FN2OS/c19-16-9-5-4-8-15(16)18(22)20-11-14-12-23-17(21-14)10-13-6-2-1-3-7-13/h1-9,12H,10-11H2,(H,20,22). The van der Waals surface area contributed by atoms with E-state index >= 15 is 0 Å². The highest BCUT2D eigenvalue weighted by atomic mass is 32.1. The minimum atomic E-state index is -0.520. The molecule has 0 bridgehead atoms. The largest absolute Gasteiger partial charge is 0.346 e. The Balaban J connectivity index is 1.59. The molecule has 23 heavy (non-hydrogen) atoms. The second-order valence-corrected chi connectivity index (χ2v) is 6.00. The summed E-state index contributed by atoms with van der Waals surface area (Å²) in [5, 5.41) is 5.61. The first-order chi connectivity index (χ1) is 11.2. The van der Waals surface area contributed by atoms with Crippen LogP contribution in [0.5, 0.6) is 0 Å². The van der Waals surface area contributed by atoms with Crippen LogP contribution in [0.1, 0.15) is 26.6 Å². The highest BCUT2D eigenvalue weighted by molar-refractivity contribution is 7.09. The summed E-state index contributed by atoms with van der Waals surface area (Å²) in [4.78, 5) is 16.5. The van der Waals surface area contributed by atoms with E-state index in [1.165, 1.54) is 17.7 Å². The Bertz CT molecular complexity index is 802. The van der Waals surface area contributed by atoms with Gasteiger partial charge in [0.25, 0.3) is 5.91 Å². The zero-order valence-corrected chi connectivity index (χ0v) is 13.1. The molecule has 2 aromatic carbocycles. The maximum atomic E-state index is 13.5. The molecule has 116 valence electrons. The molecule has 3 aromatic rings. The number of thiazole rings is 1. The van der Waals surface area contributed by atoms with Crippen LogP contribution >= 0.6 is 11.3 Å². The lowest BCUT2D eigenvalue weighted by Crippen LogP contribution is -2.23. The summed E-state index contributed by atoms with van der Waals surface area (Å²) in [6, 6.07) is 16.0. The second-order valence-electron chi connectivity index (χ2n) is 5.06. The Morgan fingerprint density at radius 2 is 1.83 bits per heavy atom. The lowest BCUT2D eigenvalue weighted by Gasteiger charge is -2.04. The molecule has 0 aliphatic rings. The van der Waals surface area contributed by atoms with Crippen molar-refractivity contribution in [3.05, 3.63) is 87.6 Å². The summed E-state index contributed by atoms with van der Waals surface area (Å²) >= 11 is 1.56. The Morgan fingerprint density at radius 3 is 2.61 bits per heavy atom. The van der Waals surface area contributed by atoms with Gasteiger partial charge in [-0.2, -0.15) is 0 Å². The first kappa shape index (κ1) is 15.4. The highest BCUT2D eigenvalue weighted by Gasteiger charge is 2.11. The predicted molar refractivity (Wildman–Crippen MR) is 88.9 cm³/mol. The van der Waals surface area contributed by atoms with Crippen molar-refractivity contribution in [3.63, 3.8) is 0 Å². The van der Waals surface area contributed by atoms with Crippen molar-refractivity contribution in [1.29, 1.82) is 0 Å². The number of aromatic nitrogens is 1. The molecule has 1 N–H and O–H groups in total. The molecule has 3 nitrogen and oxygen atoms in total. The van der Waals surface area contributed by atoms with Crippen molar-refractivity contribution in [2.24, 2.45) is 0 Å². The number of carbonyl (C=O) groups excluding carboxylic acids is 1. The number of rotatable bonds is 5. The van der Waals surface area contributed by atoms with Crippen molar-refractivity contribution in [1.82, 2.24) is 10.3 Å². The zero-order valence-electron chi connectivity index (χ0n) is 12.3. The molecule has 1 amide bonds. The zero-order chi connectivity index (χ0) is 16.1. The maximum Gasteiger partial charge on any atom is 0.254 e. The molecule has 0 radical (unpaired) electrons. The van der Waals surface area contributed by atoms with E-state index in [2.05, 4.69) is 22.4 Å². The van der Waals surface area contributed by atoms with Gasteiger partial charge in [0.05, 0.1) is 22.8 Å². The number of benzene rings is 2. The Morgan fingerprint density at radius 1 is 1.09 bits per heavy atom. The molecular formula is C18H15FN2OS. The summed E-state index contributed by atoms with van der Waals surface area (Å²) in [5.74, 6) is -0.950. The average Bonchev–Trinajstić information content (AvgIpc) is 3.01. The quantitative estimate of drug-likeness (QED) is 0.775. The molecule has 0 unspecified atom stereocenters. The van der Waals surface area contributed by atoms with E-state index in [9.17, 15) is 9.18 Å². The van der Waals surface area contributed by atoms with Gasteiger partial charge in [0.15, 0.2) is 0 Å². The molecule has 0 atom stereocenters. The molecule has 0 fully saturated rings. The summed E-state index contributed by atoms with van der Waals surface area (Å²) in [7, 11) is 0. The van der Waals surface area contributed by atoms with E-state index in [4.69, 9.17) is 0 Å². The summed E-state index contributed by atoms with van der Waals surface area (Å²) < 4.78 is 13.5. The molecule has 0 spiro atoms. The van der Waals surface area contributed by atoms with Gasteiger partial charge in [-0.3, -0.25) is 4.79 Å². The molecule has 0 aliphatic carbocycles. The Labute approximate surface area is 137 Å². The lowest BCUT2D eigenvalue weighted by atomic mass is 10.2. The van der Waals surface area contributed by atoms with Gasteiger partial charge in [-0.25, -0.2) is 9.37 Å². The first-order valence-corrected chi connectivity index (χ1v) is 8.10. The normalized spacial score (nSPS) is 10.5. The minimum Gasteiger partial charge on any atom is -0.346 e. The predicted octanol–water partition coefficient (Wildman–Crippen LogP) is 3.80. The van der Waals surface area contributed by atoms with Crippen molar-refractivity contribution < 1.29 is 9.18 Å². The van der Waals surface area contributed by atoms with E-state index in [0.717, 1.165) is 17.1 Å². The van der Waals surface area contributed by atoms with E-state index in [1.807, 2.05) is 23.6 Å². The summed E-state index contributed by atoms with van der Waals surface area (Å²) in [6.07, 6.45) is 0.771. The number of hydrogen-bond acceptors (Lipinski definition) is 3. The van der Waals surface area contributed by atoms with E-state index < -0.39 is 11.7 Å². The molecule has 0 saturated carbocycles. The summed E-state index contributed by atoms with van der Waals surface area (Å²) in [5.41, 5.74) is 2.03. The van der Waals surface area contributed by atoms with Crippen LogP contribution in [0.15, 0.2) is 60.0 Å². The highest BCUT2D eigenvalue weighted by Crippen LogP contribution is 2.15. The van der Waals surface area contributed by atoms with Crippen LogP contribution in [0.25, 0.3) is 0 Å². The number of nitrogens with zero attached hydrogens (tertiary/aromatic N) is 1. The van der Waals surface area contributed by atoms with Gasteiger partial charge >= 0.3 is 0 Å². The summed E-state index contributed by atoms with van der Waals surface area (Å²) in [6.45, 7) is 0.290. The van der Waals surface area contributed by atoms with Crippen LogP contribution in [0.2, 0.25) is 0 Å². The fourth-order valence-electron chi connectivity index (χ4n) is 2.19. The number of hydrogen-bond donors (Lipinski definition) is 1. The molecule has 1 heterocycles. The maximum absolute atomic E-state index is 13.5. The molecular weight excluding hydrogens is 311 g/mol. The minimum absolute atomic E-state index is 0.0484. The smallest absolute Gasteiger partial charge is 0.254 e. The lowest BCUT2D eigenvalue weighted by molar-refractivity contribution is 0.0946. The monoisotopic (exact) mass is 326 g/mol. The third kappa shape index (κ3) is 4.02. The van der Waals surface area contributed by atoms with E-state index in [-0.39, 0.29) is 5.56 Å². The van der Waals surface area contributed by atoms with Gasteiger partial charge in [-0.1, -0.05) is 42.5 Å². The van der Waals surface area contributed by atoms with Crippen LogP contribution in [0.3, 0.4) is 0 Å². The van der Waals surface area contributed by atoms with Gasteiger partial charge in [-0.05, 0) is 17.7 Å². The van der Waals surface area contributed by atoms with Crippen molar-refractivity contribution >= 4 is 17.2 Å². The van der Waals surface area contributed by atoms with Crippen molar-refractivity contribution in [2.45, 2.75) is 13.0 Å². The third-order valence-corrected chi connectivity index (χ3v) is 4.24. The fourth-order valence-corrected chi connectivity index (χ4v) is 3.02. The SMILES string of the molecule is O=C(NCc1csc(Cc2ccccc2)n1)c1ccccc1F. The molecule has 5 heteroatoms. The van der Waals surface area contributed by atoms with Gasteiger partial charge < -0.3 is 5.32 Å². The van der Waals surface area contributed by atoms with Crippen LogP contribution in [-0.4, -0.2) is 10.9 Å². The number of halogens is 1. The van der Waals surface area contributed by atoms with E-state index in [1.54, 1.807) is 23.5 Å². The topological polar surface area (TPSA) is 42.0 Å². The number of nitrogens with one attached hydrogen (secondary N) is 1. The fraction of sp³-hybridized carbons (Fsp3) is 0.111. The van der Waals surface area contributed by atoms with Gasteiger partial charge in [0.2, 0.25) is 0 Å². The van der Waals surface area contributed by atoms with Crippen LogP contribution in [-0.2, 0) is 13.0 Å². The molecule has 3 rings (SSSR count). The second kappa shape index (κ2) is 7.15. The van der Waals surface area contributed by atoms with Crippen LogP contribution in [0, 0.1) is 5.82 Å². The van der Waals surface area contributed by atoms with E-state index in [0.29, 0.717) is 6.54 Å². The molecule has 0 aliphatic heterocycles. The van der Waals surface area contributed by atoms with Gasteiger partial charge in [-0.15, -0.1) is 11.3 Å². The molecule has 0 saturated heterocycles. The van der Waals surface area contributed by atoms with Crippen LogP contribution < -0.4 is 5.32 Å². The average molecular weight is 326 g/mol. The molecule has 1 aromatic heterocycles. The van der Waals surface area contributed by atoms with Crippen molar-refractivity contribution in [2.75, 3.05) is 0 Å². The first-order valence-electron chi connectivity index (χ1n) is 7.22. The van der Waals surface area contributed by atoms with Gasteiger partial charge in [0, 0.05) is 11.8 Å². The Hall–Kier alpha value is -2.53. The van der Waals surface area contributed by atoms with Crippen LogP contribution in [0.4, 0.5) is 4.39 Å². The van der Waals surface area contributed by atoms with Crippen molar-refractivity contribution in [3.8, 4) is 0 Å². The Kier molecular flexibility index (Phi) is 4.78. The number of carbonyl (C=O) groups is 1.